The predicted molar refractivity (Wildman–Crippen MR) is 75.4 cm³/mol. The van der Waals surface area contributed by atoms with Crippen LogP contribution in [0, 0.1) is 19.3 Å². The summed E-state index contributed by atoms with van der Waals surface area (Å²) in [5, 5.41) is 0.734. The molecule has 0 fully saturated rings. The molecule has 1 amide bonds. The molecule has 1 atom stereocenters. The van der Waals surface area contributed by atoms with E-state index in [1.54, 1.807) is 0 Å². The summed E-state index contributed by atoms with van der Waals surface area (Å²) < 4.78 is 0. The molecule has 0 aliphatic rings. The van der Waals surface area contributed by atoms with Gasteiger partial charge in [-0.1, -0.05) is 31.5 Å². The number of hydrogen-bond donors (Lipinski definition) is 2. The molecule has 4 heteroatoms. The monoisotopic (exact) mass is 268 g/mol. The third kappa shape index (κ3) is 3.24. The third-order valence-corrected chi connectivity index (χ3v) is 3.75. The Labute approximate surface area is 113 Å². The molecule has 18 heavy (non-hydrogen) atoms. The van der Waals surface area contributed by atoms with Crippen molar-refractivity contribution in [2.75, 3.05) is 0 Å². The van der Waals surface area contributed by atoms with Crippen molar-refractivity contribution >= 4 is 17.5 Å². The number of halogens is 1. The smallest absolute Gasteiger partial charge is 0.223 e. The zero-order valence-electron chi connectivity index (χ0n) is 11.4. The number of carbonyl (C=O) groups excluding carboxylic acids is 1. The maximum absolute atomic E-state index is 11.3. The van der Waals surface area contributed by atoms with Crippen molar-refractivity contribution in [1.29, 1.82) is 0 Å². The minimum absolute atomic E-state index is 0.219. The second kappa shape index (κ2) is 5.29. The molecule has 0 aromatic heterocycles. The molecule has 0 heterocycles. The van der Waals surface area contributed by atoms with Crippen LogP contribution in [0.25, 0.3) is 0 Å². The van der Waals surface area contributed by atoms with Crippen LogP contribution in [0.2, 0.25) is 5.02 Å². The highest BCUT2D eigenvalue weighted by Crippen LogP contribution is 2.31. The lowest BCUT2D eigenvalue weighted by Gasteiger charge is -2.26. The number of benzene rings is 1. The zero-order chi connectivity index (χ0) is 14.1. The molecule has 1 aromatic carbocycles. The molecule has 1 rings (SSSR count). The van der Waals surface area contributed by atoms with E-state index in [1.807, 2.05) is 39.8 Å². The van der Waals surface area contributed by atoms with E-state index in [0.29, 0.717) is 6.42 Å². The first-order valence-corrected chi connectivity index (χ1v) is 6.35. The highest BCUT2D eigenvalue weighted by molar-refractivity contribution is 6.31. The molecule has 100 valence electrons. The lowest BCUT2D eigenvalue weighted by molar-refractivity contribution is -0.126. The van der Waals surface area contributed by atoms with Crippen LogP contribution in [0.5, 0.6) is 0 Å². The van der Waals surface area contributed by atoms with Crippen LogP contribution in [0.1, 0.15) is 43.0 Å². The first-order valence-electron chi connectivity index (χ1n) is 5.97. The SMILES string of the molecule is Cc1cc(C(N)CC(C)(C)C(N)=O)c(C)cc1Cl. The van der Waals surface area contributed by atoms with Crippen LogP contribution in [-0.4, -0.2) is 5.91 Å². The predicted octanol–water partition coefficient (Wildman–Crippen LogP) is 2.86. The van der Waals surface area contributed by atoms with Crippen molar-refractivity contribution in [1.82, 2.24) is 0 Å². The summed E-state index contributed by atoms with van der Waals surface area (Å²) >= 11 is 6.06. The molecule has 0 radical (unpaired) electrons. The van der Waals surface area contributed by atoms with Gasteiger partial charge in [-0.25, -0.2) is 0 Å². The van der Waals surface area contributed by atoms with Crippen molar-refractivity contribution in [3.8, 4) is 0 Å². The number of nitrogens with two attached hydrogens (primary N) is 2. The highest BCUT2D eigenvalue weighted by atomic mass is 35.5. The topological polar surface area (TPSA) is 69.1 Å². The lowest BCUT2D eigenvalue weighted by atomic mass is 9.82. The standard InChI is InChI=1S/C14H21ClN2O/c1-8-6-11(15)9(2)5-10(8)12(16)7-14(3,4)13(17)18/h5-6,12H,7,16H2,1-4H3,(H2,17,18). The summed E-state index contributed by atoms with van der Waals surface area (Å²) in [7, 11) is 0. The van der Waals surface area contributed by atoms with Gasteiger partial charge in [0, 0.05) is 16.5 Å². The second-order valence-corrected chi connectivity index (χ2v) is 5.92. The molecule has 4 N–H and O–H groups in total. The molecule has 1 aromatic rings. The van der Waals surface area contributed by atoms with E-state index in [2.05, 4.69) is 0 Å². The van der Waals surface area contributed by atoms with Crippen LogP contribution in [0.15, 0.2) is 12.1 Å². The van der Waals surface area contributed by atoms with Gasteiger partial charge in [-0.05, 0) is 43.0 Å². The molecule has 1 unspecified atom stereocenters. The van der Waals surface area contributed by atoms with Gasteiger partial charge in [0.25, 0.3) is 0 Å². The molecule has 0 bridgehead atoms. The fourth-order valence-corrected chi connectivity index (χ4v) is 2.18. The van der Waals surface area contributed by atoms with Crippen LogP contribution in [-0.2, 0) is 4.79 Å². The summed E-state index contributed by atoms with van der Waals surface area (Å²) in [5.41, 5.74) is 14.0. The Morgan fingerprint density at radius 3 is 2.39 bits per heavy atom. The van der Waals surface area contributed by atoms with Crippen LogP contribution in [0.3, 0.4) is 0 Å². The van der Waals surface area contributed by atoms with E-state index in [1.165, 1.54) is 0 Å². The summed E-state index contributed by atoms with van der Waals surface area (Å²) in [4.78, 5) is 11.3. The Hall–Kier alpha value is -1.06. The molecule has 0 aliphatic carbocycles. The van der Waals surface area contributed by atoms with Crippen molar-refractivity contribution in [3.05, 3.63) is 33.8 Å². The van der Waals surface area contributed by atoms with Gasteiger partial charge in [-0.3, -0.25) is 4.79 Å². The van der Waals surface area contributed by atoms with Crippen molar-refractivity contribution in [2.24, 2.45) is 16.9 Å². The maximum atomic E-state index is 11.3. The molecule has 0 saturated heterocycles. The van der Waals surface area contributed by atoms with E-state index in [0.717, 1.165) is 21.7 Å². The van der Waals surface area contributed by atoms with Crippen molar-refractivity contribution < 1.29 is 4.79 Å². The normalized spacial score (nSPS) is 13.4. The van der Waals surface area contributed by atoms with Gasteiger partial charge < -0.3 is 11.5 Å². The number of hydrogen-bond acceptors (Lipinski definition) is 2. The van der Waals surface area contributed by atoms with E-state index in [9.17, 15) is 4.79 Å². The van der Waals surface area contributed by atoms with E-state index < -0.39 is 5.41 Å². The van der Waals surface area contributed by atoms with Gasteiger partial charge in [0.15, 0.2) is 0 Å². The Kier molecular flexibility index (Phi) is 4.41. The van der Waals surface area contributed by atoms with Crippen molar-refractivity contribution in [3.63, 3.8) is 0 Å². The number of primary amides is 1. The van der Waals surface area contributed by atoms with Gasteiger partial charge >= 0.3 is 0 Å². The second-order valence-electron chi connectivity index (χ2n) is 5.52. The zero-order valence-corrected chi connectivity index (χ0v) is 12.1. The van der Waals surface area contributed by atoms with E-state index in [-0.39, 0.29) is 11.9 Å². The van der Waals surface area contributed by atoms with Gasteiger partial charge in [0.1, 0.15) is 0 Å². The summed E-state index contributed by atoms with van der Waals surface area (Å²) in [5.74, 6) is -0.332. The average molecular weight is 269 g/mol. The minimum Gasteiger partial charge on any atom is -0.369 e. The van der Waals surface area contributed by atoms with Crippen molar-refractivity contribution in [2.45, 2.75) is 40.2 Å². The van der Waals surface area contributed by atoms with Crippen LogP contribution in [0.4, 0.5) is 0 Å². The fourth-order valence-electron chi connectivity index (χ4n) is 1.96. The Balaban J connectivity index is 3.01. The maximum Gasteiger partial charge on any atom is 0.223 e. The Morgan fingerprint density at radius 1 is 1.33 bits per heavy atom. The van der Waals surface area contributed by atoms with Gasteiger partial charge in [0.05, 0.1) is 0 Å². The molecular weight excluding hydrogens is 248 g/mol. The Bertz CT molecular complexity index is 469. The van der Waals surface area contributed by atoms with E-state index in [4.69, 9.17) is 23.1 Å². The molecular formula is C14H21ClN2O. The number of aryl methyl sites for hydroxylation is 2. The summed E-state index contributed by atoms with van der Waals surface area (Å²) in [6, 6.07) is 3.67. The Morgan fingerprint density at radius 2 is 1.89 bits per heavy atom. The number of amides is 1. The highest BCUT2D eigenvalue weighted by Gasteiger charge is 2.28. The van der Waals surface area contributed by atoms with Gasteiger partial charge in [0.2, 0.25) is 5.91 Å². The van der Waals surface area contributed by atoms with Crippen LogP contribution < -0.4 is 11.5 Å². The lowest BCUT2D eigenvalue weighted by Crippen LogP contribution is -2.34. The average Bonchev–Trinajstić information content (AvgIpc) is 2.22. The van der Waals surface area contributed by atoms with Gasteiger partial charge in [-0.15, -0.1) is 0 Å². The first-order chi connectivity index (χ1) is 8.15. The van der Waals surface area contributed by atoms with Crippen LogP contribution >= 0.6 is 11.6 Å². The number of carbonyl (C=O) groups is 1. The summed E-state index contributed by atoms with van der Waals surface area (Å²) in [6.45, 7) is 7.54. The quantitative estimate of drug-likeness (QED) is 0.882. The minimum atomic E-state index is -0.612. The fraction of sp³-hybridized carbons (Fsp3) is 0.500. The number of rotatable bonds is 4. The molecule has 0 aliphatic heterocycles. The van der Waals surface area contributed by atoms with E-state index >= 15 is 0 Å². The molecule has 3 nitrogen and oxygen atoms in total. The first kappa shape index (κ1) is 15.0. The van der Waals surface area contributed by atoms with Gasteiger partial charge in [-0.2, -0.15) is 0 Å². The third-order valence-electron chi connectivity index (χ3n) is 3.34. The molecule has 0 saturated carbocycles. The molecule has 0 spiro atoms. The largest absolute Gasteiger partial charge is 0.369 e. The summed E-state index contributed by atoms with van der Waals surface area (Å²) in [6.07, 6.45) is 0.518.